The number of carbonyl (C=O) groups is 1. The maximum Gasteiger partial charge on any atom is 0.317 e. The van der Waals surface area contributed by atoms with Crippen molar-refractivity contribution in [3.63, 3.8) is 0 Å². The van der Waals surface area contributed by atoms with Gasteiger partial charge >= 0.3 is 6.03 Å². The molecule has 1 aliphatic rings. The highest BCUT2D eigenvalue weighted by Gasteiger charge is 2.31. The van der Waals surface area contributed by atoms with Gasteiger partial charge < -0.3 is 16.0 Å². The molecule has 1 fully saturated rings. The molecular weight excluding hydrogens is 226 g/mol. The number of urea groups is 1. The zero-order valence-corrected chi connectivity index (χ0v) is 10.8. The molecule has 1 heterocycles. The summed E-state index contributed by atoms with van der Waals surface area (Å²) in [6, 6.07) is 10.2. The minimum absolute atomic E-state index is 0.0160. The van der Waals surface area contributed by atoms with E-state index in [0.717, 1.165) is 18.5 Å². The maximum atomic E-state index is 12.1. The molecule has 1 aliphatic heterocycles. The summed E-state index contributed by atoms with van der Waals surface area (Å²) in [4.78, 5) is 14.0. The summed E-state index contributed by atoms with van der Waals surface area (Å²) in [5, 5.41) is 2.96. The number of hydrogen-bond donors (Lipinski definition) is 2. The van der Waals surface area contributed by atoms with Crippen LogP contribution in [0.25, 0.3) is 0 Å². The molecule has 0 saturated carbocycles. The molecule has 2 unspecified atom stereocenters. The van der Waals surface area contributed by atoms with Gasteiger partial charge in [0.05, 0.1) is 0 Å². The number of amides is 2. The molecule has 1 saturated heterocycles. The number of carbonyl (C=O) groups excluding carboxylic acids is 1. The van der Waals surface area contributed by atoms with E-state index in [0.29, 0.717) is 19.0 Å². The van der Waals surface area contributed by atoms with Crippen molar-refractivity contribution in [3.05, 3.63) is 35.9 Å². The van der Waals surface area contributed by atoms with Crippen molar-refractivity contribution in [1.29, 1.82) is 0 Å². The Bertz CT molecular complexity index is 393. The molecule has 0 radical (unpaired) electrons. The maximum absolute atomic E-state index is 12.1. The number of rotatable bonds is 3. The van der Waals surface area contributed by atoms with Gasteiger partial charge in [-0.2, -0.15) is 0 Å². The molecule has 3 N–H and O–H groups in total. The molecule has 18 heavy (non-hydrogen) atoms. The second kappa shape index (κ2) is 5.87. The van der Waals surface area contributed by atoms with Crippen molar-refractivity contribution in [2.45, 2.75) is 25.9 Å². The van der Waals surface area contributed by atoms with Crippen molar-refractivity contribution in [2.24, 2.45) is 11.7 Å². The summed E-state index contributed by atoms with van der Waals surface area (Å²) in [7, 11) is 0. The Hall–Kier alpha value is -1.55. The van der Waals surface area contributed by atoms with Gasteiger partial charge in [-0.3, -0.25) is 0 Å². The Morgan fingerprint density at radius 2 is 2.17 bits per heavy atom. The molecule has 0 aliphatic carbocycles. The van der Waals surface area contributed by atoms with E-state index < -0.39 is 0 Å². The molecule has 0 aromatic heterocycles. The van der Waals surface area contributed by atoms with Gasteiger partial charge in [0.1, 0.15) is 0 Å². The number of likely N-dealkylation sites (tertiary alicyclic amines) is 1. The molecule has 4 heteroatoms. The fourth-order valence-electron chi connectivity index (χ4n) is 2.47. The van der Waals surface area contributed by atoms with E-state index in [1.165, 1.54) is 0 Å². The molecule has 98 valence electrons. The lowest BCUT2D eigenvalue weighted by Crippen LogP contribution is -2.41. The highest BCUT2D eigenvalue weighted by Crippen LogP contribution is 2.21. The fourth-order valence-corrected chi connectivity index (χ4v) is 2.47. The van der Waals surface area contributed by atoms with Crippen molar-refractivity contribution in [3.8, 4) is 0 Å². The monoisotopic (exact) mass is 247 g/mol. The predicted molar refractivity (Wildman–Crippen MR) is 72.0 cm³/mol. The van der Waals surface area contributed by atoms with Crippen LogP contribution >= 0.6 is 0 Å². The van der Waals surface area contributed by atoms with E-state index in [-0.39, 0.29) is 12.1 Å². The van der Waals surface area contributed by atoms with Crippen LogP contribution in [0.4, 0.5) is 4.79 Å². The smallest absolute Gasteiger partial charge is 0.317 e. The molecule has 0 spiro atoms. The van der Waals surface area contributed by atoms with Crippen LogP contribution in [0.15, 0.2) is 30.3 Å². The second-order valence-electron chi connectivity index (χ2n) is 4.98. The van der Waals surface area contributed by atoms with Gasteiger partial charge in [0.25, 0.3) is 0 Å². The van der Waals surface area contributed by atoms with Crippen LogP contribution < -0.4 is 11.1 Å². The lowest BCUT2D eigenvalue weighted by Gasteiger charge is -2.22. The average Bonchev–Trinajstić information content (AvgIpc) is 2.78. The summed E-state index contributed by atoms with van der Waals surface area (Å²) in [6.07, 6.45) is 1.01. The van der Waals surface area contributed by atoms with Crippen molar-refractivity contribution in [1.82, 2.24) is 10.2 Å². The van der Waals surface area contributed by atoms with Gasteiger partial charge in [0.15, 0.2) is 0 Å². The minimum Gasteiger partial charge on any atom is -0.334 e. The zero-order chi connectivity index (χ0) is 13.0. The van der Waals surface area contributed by atoms with Crippen LogP contribution in [0.3, 0.4) is 0 Å². The summed E-state index contributed by atoms with van der Waals surface area (Å²) in [6.45, 7) is 4.10. The van der Waals surface area contributed by atoms with Gasteiger partial charge in [-0.15, -0.1) is 0 Å². The number of nitrogens with two attached hydrogens (primary N) is 1. The third kappa shape index (κ3) is 3.01. The van der Waals surface area contributed by atoms with E-state index in [9.17, 15) is 4.79 Å². The van der Waals surface area contributed by atoms with Crippen LogP contribution in [0, 0.1) is 5.92 Å². The zero-order valence-electron chi connectivity index (χ0n) is 10.8. The largest absolute Gasteiger partial charge is 0.334 e. The normalized spacial score (nSPS) is 23.1. The Kier molecular flexibility index (Phi) is 4.20. The Balaban J connectivity index is 1.85. The molecule has 1 aromatic carbocycles. The van der Waals surface area contributed by atoms with E-state index >= 15 is 0 Å². The molecule has 0 bridgehead atoms. The number of nitrogens with zero attached hydrogens (tertiary/aromatic N) is 1. The highest BCUT2D eigenvalue weighted by atomic mass is 16.2. The Morgan fingerprint density at radius 3 is 2.78 bits per heavy atom. The minimum atomic E-state index is 0.0160. The van der Waals surface area contributed by atoms with Gasteiger partial charge in [-0.05, 0) is 31.4 Å². The first kappa shape index (κ1) is 12.9. The SMILES string of the molecule is CC1CC(CN)CN1C(=O)NCc1ccccc1. The van der Waals surface area contributed by atoms with E-state index in [1.807, 2.05) is 35.2 Å². The summed E-state index contributed by atoms with van der Waals surface area (Å²) in [5.74, 6) is 0.447. The van der Waals surface area contributed by atoms with Crippen LogP contribution in [-0.4, -0.2) is 30.1 Å². The van der Waals surface area contributed by atoms with Gasteiger partial charge in [0.2, 0.25) is 0 Å². The average molecular weight is 247 g/mol. The highest BCUT2D eigenvalue weighted by molar-refractivity contribution is 5.74. The van der Waals surface area contributed by atoms with Crippen molar-refractivity contribution < 1.29 is 4.79 Å². The first-order valence-corrected chi connectivity index (χ1v) is 6.49. The Morgan fingerprint density at radius 1 is 1.44 bits per heavy atom. The van der Waals surface area contributed by atoms with Crippen LogP contribution in [-0.2, 0) is 6.54 Å². The first-order chi connectivity index (χ1) is 8.70. The third-order valence-electron chi connectivity index (χ3n) is 3.54. The topological polar surface area (TPSA) is 58.4 Å². The van der Waals surface area contributed by atoms with E-state index in [1.54, 1.807) is 0 Å². The summed E-state index contributed by atoms with van der Waals surface area (Å²) in [5.41, 5.74) is 6.78. The molecule has 1 aromatic rings. The molecule has 4 nitrogen and oxygen atoms in total. The number of benzene rings is 1. The second-order valence-corrected chi connectivity index (χ2v) is 4.98. The number of hydrogen-bond acceptors (Lipinski definition) is 2. The van der Waals surface area contributed by atoms with Crippen molar-refractivity contribution in [2.75, 3.05) is 13.1 Å². The van der Waals surface area contributed by atoms with Gasteiger partial charge in [-0.25, -0.2) is 4.79 Å². The van der Waals surface area contributed by atoms with Crippen molar-refractivity contribution >= 4 is 6.03 Å². The van der Waals surface area contributed by atoms with Crippen LogP contribution in [0.5, 0.6) is 0 Å². The Labute approximate surface area is 108 Å². The van der Waals surface area contributed by atoms with Crippen LogP contribution in [0.1, 0.15) is 18.9 Å². The summed E-state index contributed by atoms with van der Waals surface area (Å²) < 4.78 is 0. The predicted octanol–water partition coefficient (Wildman–Crippen LogP) is 1.57. The van der Waals surface area contributed by atoms with E-state index in [2.05, 4.69) is 12.2 Å². The first-order valence-electron chi connectivity index (χ1n) is 6.49. The molecule has 2 atom stereocenters. The fraction of sp³-hybridized carbons (Fsp3) is 0.500. The van der Waals surface area contributed by atoms with Crippen LogP contribution in [0.2, 0.25) is 0 Å². The third-order valence-corrected chi connectivity index (χ3v) is 3.54. The standard InChI is InChI=1S/C14H21N3O/c1-11-7-13(8-15)10-17(11)14(18)16-9-12-5-3-2-4-6-12/h2-6,11,13H,7-10,15H2,1H3,(H,16,18). The van der Waals surface area contributed by atoms with Gasteiger partial charge in [-0.1, -0.05) is 30.3 Å². The molecule has 2 amide bonds. The molecule has 2 rings (SSSR count). The number of nitrogens with one attached hydrogen (secondary N) is 1. The van der Waals surface area contributed by atoms with E-state index in [4.69, 9.17) is 5.73 Å². The van der Waals surface area contributed by atoms with Gasteiger partial charge in [0, 0.05) is 19.1 Å². The quantitative estimate of drug-likeness (QED) is 0.851. The lowest BCUT2D eigenvalue weighted by atomic mass is 10.1. The summed E-state index contributed by atoms with van der Waals surface area (Å²) >= 11 is 0. The molecular formula is C14H21N3O. The lowest BCUT2D eigenvalue weighted by molar-refractivity contribution is 0.194.